The summed E-state index contributed by atoms with van der Waals surface area (Å²) in [5.41, 5.74) is 14.1. The van der Waals surface area contributed by atoms with Gasteiger partial charge in [-0.05, 0) is 76.9 Å². The van der Waals surface area contributed by atoms with E-state index in [1.165, 1.54) is 12.1 Å². The minimum absolute atomic E-state index is 0.0683. The van der Waals surface area contributed by atoms with Crippen LogP contribution >= 0.6 is 11.8 Å². The quantitative estimate of drug-likeness (QED) is 0.650. The van der Waals surface area contributed by atoms with Crippen LogP contribution in [-0.4, -0.2) is 33.3 Å². The molecular formula is C23H30FN5OS. The molecule has 2 heterocycles. The predicted octanol–water partition coefficient (Wildman–Crippen LogP) is 3.91. The van der Waals surface area contributed by atoms with E-state index in [0.29, 0.717) is 35.7 Å². The number of nitrogens with one attached hydrogen (secondary N) is 1. The fourth-order valence-electron chi connectivity index (χ4n) is 3.85. The van der Waals surface area contributed by atoms with Crippen molar-refractivity contribution in [2.75, 3.05) is 11.9 Å². The van der Waals surface area contributed by atoms with Crippen molar-refractivity contribution >= 4 is 29.2 Å². The van der Waals surface area contributed by atoms with E-state index in [-0.39, 0.29) is 15.9 Å². The van der Waals surface area contributed by atoms with Gasteiger partial charge in [-0.25, -0.2) is 4.39 Å². The number of nitrogens with two attached hydrogens (primary N) is 2. The molecule has 0 spiro atoms. The zero-order chi connectivity index (χ0) is 23.0. The smallest absolute Gasteiger partial charge is 0.274 e. The number of benzene rings is 1. The van der Waals surface area contributed by atoms with Crippen molar-refractivity contribution in [3.63, 3.8) is 0 Å². The maximum Gasteiger partial charge on any atom is 0.274 e. The molecule has 0 bridgehead atoms. The fourth-order valence-corrected chi connectivity index (χ4v) is 5.39. The topological polar surface area (TPSA) is 106 Å². The van der Waals surface area contributed by atoms with Gasteiger partial charge in [0.2, 0.25) is 0 Å². The second-order valence-electron chi connectivity index (χ2n) is 8.67. The first-order valence-electron chi connectivity index (χ1n) is 10.3. The van der Waals surface area contributed by atoms with Crippen molar-refractivity contribution in [3.05, 3.63) is 58.7 Å². The Kier molecular flexibility index (Phi) is 6.43. The molecule has 0 fully saturated rings. The third-order valence-electron chi connectivity index (χ3n) is 5.66. The van der Waals surface area contributed by atoms with Gasteiger partial charge in [0.05, 0.1) is 10.3 Å². The summed E-state index contributed by atoms with van der Waals surface area (Å²) in [6, 6.07) is 6.42. The molecule has 1 aromatic carbocycles. The summed E-state index contributed by atoms with van der Waals surface area (Å²) in [4.78, 5) is 21.8. The van der Waals surface area contributed by atoms with Crippen LogP contribution < -0.4 is 16.8 Å². The van der Waals surface area contributed by atoms with Crippen molar-refractivity contribution in [2.45, 2.75) is 56.6 Å². The Morgan fingerprint density at radius 2 is 1.97 bits per heavy atom. The number of amides is 1. The summed E-state index contributed by atoms with van der Waals surface area (Å²) in [6.07, 6.45) is 2.30. The molecule has 1 amide bonds. The van der Waals surface area contributed by atoms with Gasteiger partial charge in [-0.1, -0.05) is 6.07 Å². The molecule has 0 radical (unpaired) electrons. The zero-order valence-corrected chi connectivity index (χ0v) is 19.4. The number of rotatable bonds is 5. The fraction of sp³-hybridized carbons (Fsp3) is 0.435. The number of hydrogen-bond donors (Lipinski definition) is 3. The van der Waals surface area contributed by atoms with Crippen LogP contribution in [0.25, 0.3) is 0 Å². The molecule has 0 aliphatic carbocycles. The highest BCUT2D eigenvalue weighted by Crippen LogP contribution is 2.48. The number of hydrogen-bond acceptors (Lipinski definition) is 6. The molecule has 1 unspecified atom stereocenters. The monoisotopic (exact) mass is 443 g/mol. The van der Waals surface area contributed by atoms with E-state index in [4.69, 9.17) is 16.5 Å². The minimum Gasteiger partial charge on any atom is -0.386 e. The van der Waals surface area contributed by atoms with Crippen LogP contribution in [-0.2, 0) is 5.54 Å². The molecule has 0 saturated heterocycles. The van der Waals surface area contributed by atoms with E-state index in [2.05, 4.69) is 10.3 Å². The van der Waals surface area contributed by atoms with Crippen molar-refractivity contribution in [1.29, 1.82) is 0 Å². The maximum absolute atomic E-state index is 15.0. The number of halogens is 1. The van der Waals surface area contributed by atoms with Crippen molar-refractivity contribution in [1.82, 2.24) is 4.98 Å². The first kappa shape index (κ1) is 23.2. The highest BCUT2D eigenvalue weighted by molar-refractivity contribution is 8.02. The average Bonchev–Trinajstić information content (AvgIpc) is 2.67. The van der Waals surface area contributed by atoms with Crippen molar-refractivity contribution in [3.8, 4) is 0 Å². The lowest BCUT2D eigenvalue weighted by Crippen LogP contribution is -2.49. The SMILES string of the molecule is Cc1cnc(C(=O)Nc2ccc(F)c([C@@]3(C)N=C(N)C(C)(C)SC3CCN)c2)c(C)c1. The highest BCUT2D eigenvalue weighted by Gasteiger charge is 2.46. The standard InChI is InChI=1S/C23H30FN5OS/c1-13-10-14(2)19(27-12-13)20(30)28-15-6-7-17(24)16(11-15)23(5)18(8-9-25)31-22(3,4)21(26)29-23/h6-7,10-12,18H,8-9,25H2,1-5H3,(H2,26,29)(H,28,30)/t18?,23-/m1/s1. The molecule has 6 nitrogen and oxygen atoms in total. The van der Waals surface area contributed by atoms with Gasteiger partial charge in [-0.3, -0.25) is 14.8 Å². The molecule has 2 atom stereocenters. The van der Waals surface area contributed by atoms with Crippen LogP contribution in [0, 0.1) is 19.7 Å². The van der Waals surface area contributed by atoms with Gasteiger partial charge >= 0.3 is 0 Å². The third-order valence-corrected chi connectivity index (χ3v) is 7.44. The summed E-state index contributed by atoms with van der Waals surface area (Å²) < 4.78 is 14.7. The highest BCUT2D eigenvalue weighted by atomic mass is 32.2. The number of amidine groups is 1. The molecule has 1 aliphatic heterocycles. The Bertz CT molecular complexity index is 1040. The van der Waals surface area contributed by atoms with E-state index < -0.39 is 11.4 Å². The Hall–Kier alpha value is -2.45. The molecule has 0 saturated carbocycles. The zero-order valence-electron chi connectivity index (χ0n) is 18.6. The molecule has 3 rings (SSSR count). The number of thioether (sulfide) groups is 1. The molecule has 5 N–H and O–H groups in total. The third kappa shape index (κ3) is 4.60. The first-order valence-corrected chi connectivity index (χ1v) is 11.1. The minimum atomic E-state index is -0.910. The lowest BCUT2D eigenvalue weighted by atomic mass is 9.85. The number of aryl methyl sites for hydroxylation is 2. The Morgan fingerprint density at radius 3 is 2.61 bits per heavy atom. The van der Waals surface area contributed by atoms with Crippen LogP contribution in [0.1, 0.15) is 54.4 Å². The van der Waals surface area contributed by atoms with Crippen LogP contribution in [0.15, 0.2) is 35.5 Å². The van der Waals surface area contributed by atoms with Gasteiger partial charge in [-0.2, -0.15) is 0 Å². The van der Waals surface area contributed by atoms with Gasteiger partial charge in [0.1, 0.15) is 17.3 Å². The van der Waals surface area contributed by atoms with Crippen LogP contribution in [0.4, 0.5) is 10.1 Å². The van der Waals surface area contributed by atoms with E-state index >= 15 is 4.39 Å². The second-order valence-corrected chi connectivity index (χ2v) is 10.5. The van der Waals surface area contributed by atoms with Crippen molar-refractivity contribution in [2.24, 2.45) is 16.5 Å². The van der Waals surface area contributed by atoms with Crippen molar-refractivity contribution < 1.29 is 9.18 Å². The number of carbonyl (C=O) groups is 1. The second kappa shape index (κ2) is 8.59. The largest absolute Gasteiger partial charge is 0.386 e. The lowest BCUT2D eigenvalue weighted by molar-refractivity contribution is 0.102. The number of aromatic nitrogens is 1. The summed E-state index contributed by atoms with van der Waals surface area (Å²) in [5, 5.41) is 2.77. The van der Waals surface area contributed by atoms with Gasteiger partial charge in [-0.15, -0.1) is 11.8 Å². The van der Waals surface area contributed by atoms with Gasteiger partial charge < -0.3 is 16.8 Å². The summed E-state index contributed by atoms with van der Waals surface area (Å²) in [7, 11) is 0. The number of aliphatic imine (C=N–C) groups is 1. The van der Waals surface area contributed by atoms with E-state index in [1.54, 1.807) is 24.0 Å². The van der Waals surface area contributed by atoms with Crippen LogP contribution in [0.5, 0.6) is 0 Å². The predicted molar refractivity (Wildman–Crippen MR) is 126 cm³/mol. The Morgan fingerprint density at radius 1 is 1.26 bits per heavy atom. The van der Waals surface area contributed by atoms with Crippen LogP contribution in [0.2, 0.25) is 0 Å². The first-order chi connectivity index (χ1) is 14.5. The average molecular weight is 444 g/mol. The summed E-state index contributed by atoms with van der Waals surface area (Å²) >= 11 is 1.65. The van der Waals surface area contributed by atoms with Crippen LogP contribution in [0.3, 0.4) is 0 Å². The van der Waals surface area contributed by atoms with Gasteiger partial charge in [0.15, 0.2) is 0 Å². The van der Waals surface area contributed by atoms with E-state index in [9.17, 15) is 4.79 Å². The molecule has 1 aromatic heterocycles. The number of nitrogens with zero attached hydrogens (tertiary/aromatic N) is 2. The molecule has 166 valence electrons. The van der Waals surface area contributed by atoms with E-state index in [0.717, 1.165) is 11.1 Å². The number of anilines is 1. The normalized spacial score (nSPS) is 22.7. The van der Waals surface area contributed by atoms with Gasteiger partial charge in [0, 0.05) is 22.7 Å². The Labute approximate surface area is 187 Å². The summed E-state index contributed by atoms with van der Waals surface area (Å²) in [5.74, 6) is -0.286. The van der Waals surface area contributed by atoms with E-state index in [1.807, 2.05) is 40.7 Å². The molecular weight excluding hydrogens is 413 g/mol. The Balaban J connectivity index is 2.00. The molecule has 1 aliphatic rings. The lowest BCUT2D eigenvalue weighted by Gasteiger charge is -2.44. The molecule has 8 heteroatoms. The van der Waals surface area contributed by atoms with Gasteiger partial charge in [0.25, 0.3) is 5.91 Å². The summed E-state index contributed by atoms with van der Waals surface area (Å²) in [6.45, 7) is 10.1. The maximum atomic E-state index is 15.0. The molecule has 31 heavy (non-hydrogen) atoms. The number of pyridine rings is 1. The number of carbonyl (C=O) groups excluding carboxylic acids is 1. The molecule has 2 aromatic rings.